The highest BCUT2D eigenvalue weighted by Gasteiger charge is 2.34. The van der Waals surface area contributed by atoms with E-state index in [-0.39, 0.29) is 5.78 Å². The second kappa shape index (κ2) is 5.28. The molecule has 1 saturated carbocycles. The number of benzene rings is 1. The minimum atomic E-state index is -1.11. The fraction of sp³-hybridized carbons (Fsp3) is 0.400. The van der Waals surface area contributed by atoms with E-state index < -0.39 is 5.60 Å². The summed E-state index contributed by atoms with van der Waals surface area (Å²) in [6, 6.07) is 9.68. The summed E-state index contributed by atoms with van der Waals surface area (Å²) in [6.45, 7) is 0. The van der Waals surface area contributed by atoms with Crippen LogP contribution in [0.2, 0.25) is 0 Å². The summed E-state index contributed by atoms with van der Waals surface area (Å²) >= 11 is 0. The number of carbonyl (C=O) groups is 1. The molecular formula is C15H18O2. The number of rotatable bonds is 3. The summed E-state index contributed by atoms with van der Waals surface area (Å²) in [6.07, 6.45) is 7.51. The van der Waals surface area contributed by atoms with Gasteiger partial charge in [0, 0.05) is 0 Å². The van der Waals surface area contributed by atoms with Crippen LogP contribution in [0.1, 0.15) is 37.7 Å². The van der Waals surface area contributed by atoms with E-state index in [1.54, 1.807) is 6.08 Å². The van der Waals surface area contributed by atoms with Crippen LogP contribution in [0.3, 0.4) is 0 Å². The molecular weight excluding hydrogens is 212 g/mol. The number of aliphatic hydroxyl groups is 1. The summed E-state index contributed by atoms with van der Waals surface area (Å²) in [4.78, 5) is 12.0. The zero-order valence-corrected chi connectivity index (χ0v) is 9.93. The summed E-state index contributed by atoms with van der Waals surface area (Å²) < 4.78 is 0. The van der Waals surface area contributed by atoms with Crippen molar-refractivity contribution < 1.29 is 9.90 Å². The van der Waals surface area contributed by atoms with Crippen LogP contribution in [0.4, 0.5) is 0 Å². The second-order valence-corrected chi connectivity index (χ2v) is 4.70. The van der Waals surface area contributed by atoms with Gasteiger partial charge in [-0.3, -0.25) is 4.79 Å². The van der Waals surface area contributed by atoms with Crippen molar-refractivity contribution in [3.8, 4) is 0 Å². The number of ketones is 1. The van der Waals surface area contributed by atoms with Gasteiger partial charge in [-0.05, 0) is 24.5 Å². The van der Waals surface area contributed by atoms with Crippen LogP contribution in [0.15, 0.2) is 36.4 Å². The van der Waals surface area contributed by atoms with E-state index in [0.29, 0.717) is 12.8 Å². The van der Waals surface area contributed by atoms with Crippen LogP contribution in [0.25, 0.3) is 6.08 Å². The first-order valence-corrected chi connectivity index (χ1v) is 6.21. The third-order valence-electron chi connectivity index (χ3n) is 3.37. The van der Waals surface area contributed by atoms with Crippen LogP contribution in [-0.4, -0.2) is 16.5 Å². The van der Waals surface area contributed by atoms with Crippen molar-refractivity contribution in [2.45, 2.75) is 37.7 Å². The lowest BCUT2D eigenvalue weighted by Gasteiger charge is -2.29. The molecule has 0 amide bonds. The lowest BCUT2D eigenvalue weighted by Crippen LogP contribution is -2.39. The van der Waals surface area contributed by atoms with Gasteiger partial charge in [-0.1, -0.05) is 55.7 Å². The van der Waals surface area contributed by atoms with Crippen LogP contribution in [-0.2, 0) is 4.79 Å². The van der Waals surface area contributed by atoms with Crippen molar-refractivity contribution in [2.24, 2.45) is 0 Å². The average molecular weight is 230 g/mol. The SMILES string of the molecule is O=C(/C=C/c1ccccc1)C1(O)CCCCC1. The summed E-state index contributed by atoms with van der Waals surface area (Å²) in [5, 5.41) is 10.2. The van der Waals surface area contributed by atoms with Crippen molar-refractivity contribution in [3.63, 3.8) is 0 Å². The largest absolute Gasteiger partial charge is 0.382 e. The molecule has 0 bridgehead atoms. The third kappa shape index (κ3) is 3.04. The van der Waals surface area contributed by atoms with Crippen molar-refractivity contribution in [1.29, 1.82) is 0 Å². The smallest absolute Gasteiger partial charge is 0.187 e. The topological polar surface area (TPSA) is 37.3 Å². The van der Waals surface area contributed by atoms with Gasteiger partial charge in [-0.2, -0.15) is 0 Å². The van der Waals surface area contributed by atoms with E-state index in [4.69, 9.17) is 0 Å². The molecule has 17 heavy (non-hydrogen) atoms. The standard InChI is InChI=1S/C15H18O2/c16-14(15(17)11-5-2-6-12-15)10-9-13-7-3-1-4-8-13/h1,3-4,7-10,17H,2,5-6,11-12H2/b10-9+. The molecule has 1 aliphatic rings. The number of carbonyl (C=O) groups excluding carboxylic acids is 1. The molecule has 2 nitrogen and oxygen atoms in total. The van der Waals surface area contributed by atoms with Crippen LogP contribution < -0.4 is 0 Å². The number of hydrogen-bond acceptors (Lipinski definition) is 2. The van der Waals surface area contributed by atoms with Crippen LogP contribution in [0.5, 0.6) is 0 Å². The Bertz CT molecular complexity index is 400. The molecule has 0 radical (unpaired) electrons. The molecule has 0 aromatic heterocycles. The van der Waals surface area contributed by atoms with Gasteiger partial charge in [0.2, 0.25) is 0 Å². The van der Waals surface area contributed by atoms with Crippen LogP contribution >= 0.6 is 0 Å². The molecule has 1 aromatic rings. The Balaban J connectivity index is 2.03. The van der Waals surface area contributed by atoms with E-state index >= 15 is 0 Å². The highest BCUT2D eigenvalue weighted by atomic mass is 16.3. The molecule has 90 valence electrons. The fourth-order valence-corrected chi connectivity index (χ4v) is 2.27. The van der Waals surface area contributed by atoms with Crippen molar-refractivity contribution in [2.75, 3.05) is 0 Å². The molecule has 0 saturated heterocycles. The fourth-order valence-electron chi connectivity index (χ4n) is 2.27. The van der Waals surface area contributed by atoms with Gasteiger partial charge in [0.15, 0.2) is 5.78 Å². The Hall–Kier alpha value is -1.41. The Morgan fingerprint density at radius 1 is 1.12 bits per heavy atom. The molecule has 1 aromatic carbocycles. The van der Waals surface area contributed by atoms with Gasteiger partial charge < -0.3 is 5.11 Å². The van der Waals surface area contributed by atoms with Crippen LogP contribution in [0, 0.1) is 0 Å². The highest BCUT2D eigenvalue weighted by Crippen LogP contribution is 2.29. The van der Waals surface area contributed by atoms with Gasteiger partial charge in [-0.25, -0.2) is 0 Å². The predicted octanol–water partition coefficient (Wildman–Crippen LogP) is 2.96. The zero-order chi connectivity index (χ0) is 12.1. The minimum absolute atomic E-state index is 0.152. The summed E-state index contributed by atoms with van der Waals surface area (Å²) in [7, 11) is 0. The maximum atomic E-state index is 12.0. The van der Waals surface area contributed by atoms with Crippen molar-refractivity contribution >= 4 is 11.9 Å². The maximum Gasteiger partial charge on any atom is 0.187 e. The monoisotopic (exact) mass is 230 g/mol. The summed E-state index contributed by atoms with van der Waals surface area (Å²) in [5.41, 5.74) is -0.121. The molecule has 2 rings (SSSR count). The lowest BCUT2D eigenvalue weighted by atomic mass is 9.81. The average Bonchev–Trinajstić information content (AvgIpc) is 2.38. The first kappa shape index (κ1) is 12.1. The first-order valence-electron chi connectivity index (χ1n) is 6.21. The van der Waals surface area contributed by atoms with Crippen molar-refractivity contribution in [3.05, 3.63) is 42.0 Å². The molecule has 1 N–H and O–H groups in total. The van der Waals surface area contributed by atoms with E-state index in [1.165, 1.54) is 6.08 Å². The van der Waals surface area contributed by atoms with Gasteiger partial charge in [0.25, 0.3) is 0 Å². The Morgan fingerprint density at radius 2 is 1.76 bits per heavy atom. The predicted molar refractivity (Wildman–Crippen MR) is 68.5 cm³/mol. The van der Waals surface area contributed by atoms with E-state index in [9.17, 15) is 9.90 Å². The van der Waals surface area contributed by atoms with Gasteiger partial charge >= 0.3 is 0 Å². The number of hydrogen-bond donors (Lipinski definition) is 1. The molecule has 1 aliphatic carbocycles. The van der Waals surface area contributed by atoms with Crippen molar-refractivity contribution in [1.82, 2.24) is 0 Å². The van der Waals surface area contributed by atoms with E-state index in [1.807, 2.05) is 30.3 Å². The minimum Gasteiger partial charge on any atom is -0.382 e. The van der Waals surface area contributed by atoms with E-state index in [0.717, 1.165) is 24.8 Å². The van der Waals surface area contributed by atoms with Gasteiger partial charge in [-0.15, -0.1) is 0 Å². The Labute approximate surface area is 102 Å². The van der Waals surface area contributed by atoms with E-state index in [2.05, 4.69) is 0 Å². The molecule has 2 heteroatoms. The molecule has 0 unspecified atom stereocenters. The third-order valence-corrected chi connectivity index (χ3v) is 3.37. The molecule has 1 fully saturated rings. The highest BCUT2D eigenvalue weighted by molar-refractivity contribution is 5.99. The normalized spacial score (nSPS) is 19.4. The Morgan fingerprint density at radius 3 is 2.41 bits per heavy atom. The Kier molecular flexibility index (Phi) is 3.75. The molecule has 0 heterocycles. The first-order chi connectivity index (χ1) is 8.21. The molecule has 0 atom stereocenters. The van der Waals surface area contributed by atoms with Gasteiger partial charge in [0.1, 0.15) is 5.60 Å². The second-order valence-electron chi connectivity index (χ2n) is 4.70. The zero-order valence-electron chi connectivity index (χ0n) is 9.93. The maximum absolute atomic E-state index is 12.0. The quantitative estimate of drug-likeness (QED) is 0.810. The summed E-state index contributed by atoms with van der Waals surface area (Å²) in [5.74, 6) is -0.152. The molecule has 0 aliphatic heterocycles. The molecule has 0 spiro atoms. The lowest BCUT2D eigenvalue weighted by molar-refractivity contribution is -0.135. The van der Waals surface area contributed by atoms with Gasteiger partial charge in [0.05, 0.1) is 0 Å².